The zero-order valence-corrected chi connectivity index (χ0v) is 6.94. The van der Waals surface area contributed by atoms with Crippen LogP contribution in [-0.4, -0.2) is 5.11 Å². The second-order valence-electron chi connectivity index (χ2n) is 3.18. The molecule has 0 heterocycles. The highest BCUT2D eigenvalue weighted by molar-refractivity contribution is 5.23. The maximum Gasteiger partial charge on any atom is 0.129 e. The molecule has 1 N–H and O–H groups in total. The number of aliphatic hydroxyl groups is 1. The summed E-state index contributed by atoms with van der Waals surface area (Å²) in [6, 6.07) is 3.02. The molecule has 0 spiro atoms. The maximum atomic E-state index is 12.9. The third-order valence-corrected chi connectivity index (χ3v) is 1.59. The molecule has 66 valence electrons. The highest BCUT2D eigenvalue weighted by Crippen LogP contribution is 2.23. The van der Waals surface area contributed by atoms with Gasteiger partial charge in [-0.15, -0.1) is 0 Å². The van der Waals surface area contributed by atoms with E-state index < -0.39 is 17.2 Å². The van der Waals surface area contributed by atoms with Gasteiger partial charge in [-0.25, -0.2) is 8.78 Å². The number of halogens is 2. The van der Waals surface area contributed by atoms with Crippen LogP contribution in [0.5, 0.6) is 0 Å². The van der Waals surface area contributed by atoms with E-state index in [-0.39, 0.29) is 5.56 Å². The molecule has 0 saturated carbocycles. The van der Waals surface area contributed by atoms with Gasteiger partial charge in [-0.2, -0.15) is 0 Å². The molecule has 1 aromatic rings. The highest BCUT2D eigenvalue weighted by atomic mass is 19.1. The first-order valence-electron chi connectivity index (χ1n) is 3.59. The molecule has 0 radical (unpaired) electrons. The van der Waals surface area contributed by atoms with Gasteiger partial charge in [0.1, 0.15) is 11.6 Å². The molecule has 1 rings (SSSR count). The van der Waals surface area contributed by atoms with Crippen molar-refractivity contribution in [3.8, 4) is 0 Å². The normalized spacial score (nSPS) is 11.8. The number of rotatable bonds is 1. The van der Waals surface area contributed by atoms with Gasteiger partial charge < -0.3 is 5.11 Å². The zero-order valence-electron chi connectivity index (χ0n) is 6.94. The first kappa shape index (κ1) is 9.13. The molecule has 0 bridgehead atoms. The predicted octanol–water partition coefficient (Wildman–Crippen LogP) is 2.19. The minimum atomic E-state index is -1.34. The lowest BCUT2D eigenvalue weighted by Gasteiger charge is -2.18. The summed E-state index contributed by atoms with van der Waals surface area (Å²) in [5.41, 5.74) is -1.37. The Hall–Kier alpha value is -0.960. The van der Waals surface area contributed by atoms with Crippen molar-refractivity contribution in [2.45, 2.75) is 19.4 Å². The van der Waals surface area contributed by atoms with Crippen LogP contribution >= 0.6 is 0 Å². The van der Waals surface area contributed by atoms with Gasteiger partial charge in [-0.05, 0) is 32.0 Å². The highest BCUT2D eigenvalue weighted by Gasteiger charge is 2.20. The molecule has 0 aliphatic rings. The number of hydrogen-bond acceptors (Lipinski definition) is 1. The van der Waals surface area contributed by atoms with E-state index in [0.29, 0.717) is 0 Å². The first-order chi connectivity index (χ1) is 5.41. The molecule has 1 nitrogen and oxygen atoms in total. The van der Waals surface area contributed by atoms with E-state index in [1.165, 1.54) is 13.8 Å². The average Bonchev–Trinajstić information content (AvgIpc) is 1.92. The minimum absolute atomic E-state index is 0.0255. The van der Waals surface area contributed by atoms with Crippen molar-refractivity contribution in [1.82, 2.24) is 0 Å². The number of benzene rings is 1. The van der Waals surface area contributed by atoms with E-state index in [9.17, 15) is 13.9 Å². The van der Waals surface area contributed by atoms with Crippen molar-refractivity contribution in [1.29, 1.82) is 0 Å². The Balaban J connectivity index is 3.23. The molecule has 0 aliphatic carbocycles. The minimum Gasteiger partial charge on any atom is -0.386 e. The Kier molecular flexibility index (Phi) is 2.15. The van der Waals surface area contributed by atoms with E-state index >= 15 is 0 Å². The molecule has 0 atom stereocenters. The van der Waals surface area contributed by atoms with Gasteiger partial charge in [0.2, 0.25) is 0 Å². The van der Waals surface area contributed by atoms with Crippen molar-refractivity contribution in [2.24, 2.45) is 0 Å². The van der Waals surface area contributed by atoms with Crippen molar-refractivity contribution >= 4 is 0 Å². The van der Waals surface area contributed by atoms with Gasteiger partial charge in [-0.1, -0.05) is 0 Å². The van der Waals surface area contributed by atoms with Crippen molar-refractivity contribution < 1.29 is 13.9 Å². The van der Waals surface area contributed by atoms with Gasteiger partial charge >= 0.3 is 0 Å². The van der Waals surface area contributed by atoms with E-state index in [4.69, 9.17) is 0 Å². The fraction of sp³-hybridized carbons (Fsp3) is 0.333. The van der Waals surface area contributed by atoms with Gasteiger partial charge in [0, 0.05) is 5.56 Å². The second-order valence-corrected chi connectivity index (χ2v) is 3.18. The zero-order chi connectivity index (χ0) is 9.35. The standard InChI is InChI=1S/C9H10F2O/c1-9(2,12)7-5-6(10)3-4-8(7)11/h3-5,12H,1-2H3. The summed E-state index contributed by atoms with van der Waals surface area (Å²) >= 11 is 0. The quantitative estimate of drug-likeness (QED) is 0.688. The van der Waals surface area contributed by atoms with Gasteiger partial charge in [0.15, 0.2) is 0 Å². The molecular formula is C9H10F2O. The molecule has 3 heteroatoms. The monoisotopic (exact) mass is 172 g/mol. The molecule has 0 unspecified atom stereocenters. The van der Waals surface area contributed by atoms with Crippen LogP contribution in [0.4, 0.5) is 8.78 Å². The maximum absolute atomic E-state index is 12.9. The van der Waals surface area contributed by atoms with E-state index in [1.54, 1.807) is 0 Å². The van der Waals surface area contributed by atoms with Crippen LogP contribution < -0.4 is 0 Å². The van der Waals surface area contributed by atoms with E-state index in [0.717, 1.165) is 18.2 Å². The van der Waals surface area contributed by atoms with Gasteiger partial charge in [-0.3, -0.25) is 0 Å². The number of hydrogen-bond donors (Lipinski definition) is 1. The fourth-order valence-corrected chi connectivity index (χ4v) is 0.966. The summed E-state index contributed by atoms with van der Waals surface area (Å²) in [5.74, 6) is -1.14. The Morgan fingerprint density at radius 3 is 2.25 bits per heavy atom. The Morgan fingerprint density at radius 2 is 1.83 bits per heavy atom. The van der Waals surface area contributed by atoms with Crippen LogP contribution in [0.2, 0.25) is 0 Å². The summed E-state index contributed by atoms with van der Waals surface area (Å²) in [7, 11) is 0. The molecule has 0 saturated heterocycles. The SMILES string of the molecule is CC(C)(O)c1cc(F)ccc1F. The van der Waals surface area contributed by atoms with Crippen LogP contribution in [0.1, 0.15) is 19.4 Å². The molecule has 0 amide bonds. The topological polar surface area (TPSA) is 20.2 Å². The summed E-state index contributed by atoms with van der Waals surface area (Å²) < 4.78 is 25.5. The molecule has 0 aliphatic heterocycles. The molecular weight excluding hydrogens is 162 g/mol. The lowest BCUT2D eigenvalue weighted by atomic mass is 9.98. The van der Waals surface area contributed by atoms with Crippen molar-refractivity contribution in [3.63, 3.8) is 0 Å². The molecule has 12 heavy (non-hydrogen) atoms. The Bertz CT molecular complexity index is 289. The summed E-state index contributed by atoms with van der Waals surface area (Å²) in [6.07, 6.45) is 0. The van der Waals surface area contributed by atoms with Crippen LogP contribution in [0.25, 0.3) is 0 Å². The Labute approximate surface area is 69.7 Å². The molecule has 0 aromatic heterocycles. The first-order valence-corrected chi connectivity index (χ1v) is 3.59. The molecule has 0 fully saturated rings. The van der Waals surface area contributed by atoms with Crippen LogP contribution in [-0.2, 0) is 5.60 Å². The van der Waals surface area contributed by atoms with Gasteiger partial charge in [0.05, 0.1) is 5.60 Å². The summed E-state index contributed by atoms with van der Waals surface area (Å²) in [6.45, 7) is 2.82. The lowest BCUT2D eigenvalue weighted by Crippen LogP contribution is -2.17. The largest absolute Gasteiger partial charge is 0.386 e. The van der Waals surface area contributed by atoms with Crippen molar-refractivity contribution in [3.05, 3.63) is 35.4 Å². The third-order valence-electron chi connectivity index (χ3n) is 1.59. The van der Waals surface area contributed by atoms with Crippen LogP contribution in [0.3, 0.4) is 0 Å². The van der Waals surface area contributed by atoms with Crippen LogP contribution in [0.15, 0.2) is 18.2 Å². The third kappa shape index (κ3) is 1.80. The summed E-state index contributed by atoms with van der Waals surface area (Å²) in [5, 5.41) is 9.39. The fourth-order valence-electron chi connectivity index (χ4n) is 0.966. The van der Waals surface area contributed by atoms with E-state index in [1.807, 2.05) is 0 Å². The van der Waals surface area contributed by atoms with Gasteiger partial charge in [0.25, 0.3) is 0 Å². The Morgan fingerprint density at radius 1 is 1.25 bits per heavy atom. The second kappa shape index (κ2) is 2.83. The average molecular weight is 172 g/mol. The van der Waals surface area contributed by atoms with E-state index in [2.05, 4.69) is 0 Å². The predicted molar refractivity (Wildman–Crippen MR) is 41.6 cm³/mol. The summed E-state index contributed by atoms with van der Waals surface area (Å²) in [4.78, 5) is 0. The smallest absolute Gasteiger partial charge is 0.129 e. The molecule has 1 aromatic carbocycles. The van der Waals surface area contributed by atoms with Crippen LogP contribution in [0, 0.1) is 11.6 Å². The lowest BCUT2D eigenvalue weighted by molar-refractivity contribution is 0.0741. The van der Waals surface area contributed by atoms with Crippen molar-refractivity contribution in [2.75, 3.05) is 0 Å².